The molecular weight excluding hydrogens is 266 g/mol. The van der Waals surface area contributed by atoms with Crippen LogP contribution in [0.25, 0.3) is 0 Å². The molecule has 4 unspecified atom stereocenters. The minimum atomic E-state index is -0.445. The maximum Gasteiger partial charge on any atom is 0.162 e. The van der Waals surface area contributed by atoms with Crippen molar-refractivity contribution < 1.29 is 9.84 Å². The summed E-state index contributed by atoms with van der Waals surface area (Å²) in [6, 6.07) is 0. The molecule has 0 aliphatic heterocycles. The predicted molar refractivity (Wildman–Crippen MR) is 81.2 cm³/mol. The molecule has 2 aliphatic carbocycles. The summed E-state index contributed by atoms with van der Waals surface area (Å²) in [5.74, 6) is 2.63. The monoisotopic (exact) mass is 293 g/mol. The van der Waals surface area contributed by atoms with Crippen LogP contribution in [0.15, 0.2) is 6.20 Å². The van der Waals surface area contributed by atoms with E-state index < -0.39 is 6.10 Å². The molecule has 2 bridgehead atoms. The van der Waals surface area contributed by atoms with Gasteiger partial charge in [-0.25, -0.2) is 0 Å². The molecule has 1 N–H and O–H groups in total. The molecule has 2 saturated carbocycles. The Labute approximate surface area is 126 Å². The van der Waals surface area contributed by atoms with Gasteiger partial charge >= 0.3 is 0 Å². The molecule has 0 amide bonds. The van der Waals surface area contributed by atoms with Crippen LogP contribution in [0.2, 0.25) is 0 Å². The third-order valence-corrected chi connectivity index (χ3v) is 5.30. The van der Waals surface area contributed by atoms with E-state index in [0.717, 1.165) is 36.9 Å². The lowest BCUT2D eigenvalue weighted by Gasteiger charge is -2.28. The van der Waals surface area contributed by atoms with Crippen molar-refractivity contribution in [3.8, 4) is 5.75 Å². The quantitative estimate of drug-likeness (QED) is 0.870. The summed E-state index contributed by atoms with van der Waals surface area (Å²) in [6.45, 7) is 1.69. The number of methoxy groups -OCH3 is 1. The lowest BCUT2D eigenvalue weighted by Crippen LogP contribution is -2.25. The van der Waals surface area contributed by atoms with Gasteiger partial charge < -0.3 is 14.7 Å². The van der Waals surface area contributed by atoms with Crippen LogP contribution in [0.3, 0.4) is 0 Å². The number of hydrogen-bond acceptors (Lipinski definition) is 4. The highest BCUT2D eigenvalue weighted by molar-refractivity contribution is 5.28. The number of hydrogen-bond donors (Lipinski definition) is 1. The molecule has 0 aromatic carbocycles. The second-order valence-electron chi connectivity index (χ2n) is 6.91. The third kappa shape index (κ3) is 2.81. The lowest BCUT2D eigenvalue weighted by atomic mass is 9.83. The van der Waals surface area contributed by atoms with Crippen LogP contribution in [0, 0.1) is 17.8 Å². The maximum absolute atomic E-state index is 10.9. The number of rotatable bonds is 6. The minimum absolute atomic E-state index is 0.382. The van der Waals surface area contributed by atoms with Crippen LogP contribution < -0.4 is 4.74 Å². The fraction of sp³-hybridized carbons (Fsp3) is 0.812. The first-order valence-corrected chi connectivity index (χ1v) is 8.02. The zero-order chi connectivity index (χ0) is 15.0. The summed E-state index contributed by atoms with van der Waals surface area (Å²) >= 11 is 0. The Morgan fingerprint density at radius 3 is 2.81 bits per heavy atom. The van der Waals surface area contributed by atoms with Crippen molar-refractivity contribution in [2.24, 2.45) is 17.8 Å². The lowest BCUT2D eigenvalue weighted by molar-refractivity contribution is 0.0641. The smallest absolute Gasteiger partial charge is 0.162 e. The number of likely N-dealkylation sites (N-methyl/N-ethyl adjacent to an activating group) is 1. The number of ether oxygens (including phenoxy) is 1. The number of aliphatic hydroxyl groups is 1. The first-order chi connectivity index (χ1) is 10.1. The van der Waals surface area contributed by atoms with E-state index in [9.17, 15) is 5.11 Å². The second-order valence-corrected chi connectivity index (χ2v) is 6.91. The van der Waals surface area contributed by atoms with Crippen LogP contribution in [0.5, 0.6) is 5.75 Å². The first kappa shape index (κ1) is 14.9. The van der Waals surface area contributed by atoms with E-state index in [1.807, 2.05) is 18.8 Å². The summed E-state index contributed by atoms with van der Waals surface area (Å²) in [5.41, 5.74) is 0.872. The molecular formula is C16H27N3O2. The minimum Gasteiger partial charge on any atom is -0.493 e. The topological polar surface area (TPSA) is 50.5 Å². The zero-order valence-electron chi connectivity index (χ0n) is 13.3. The van der Waals surface area contributed by atoms with E-state index in [1.54, 1.807) is 13.3 Å². The third-order valence-electron chi connectivity index (χ3n) is 5.30. The molecule has 0 radical (unpaired) electrons. The van der Waals surface area contributed by atoms with Gasteiger partial charge in [0, 0.05) is 6.54 Å². The number of aliphatic hydroxyl groups excluding tert-OH is 1. The fourth-order valence-electron chi connectivity index (χ4n) is 4.19. The van der Waals surface area contributed by atoms with Crippen molar-refractivity contribution in [1.82, 2.24) is 14.7 Å². The Morgan fingerprint density at radius 2 is 2.24 bits per heavy atom. The number of nitrogens with zero attached hydrogens (tertiary/aromatic N) is 3. The van der Waals surface area contributed by atoms with E-state index in [4.69, 9.17) is 4.74 Å². The summed E-state index contributed by atoms with van der Waals surface area (Å²) < 4.78 is 7.36. The van der Waals surface area contributed by atoms with Gasteiger partial charge in [-0.2, -0.15) is 5.10 Å². The molecule has 21 heavy (non-hydrogen) atoms. The van der Waals surface area contributed by atoms with E-state index in [2.05, 4.69) is 10.00 Å². The number of aromatic nitrogens is 2. The zero-order valence-corrected chi connectivity index (χ0v) is 13.3. The Bertz CT molecular complexity index is 486. The van der Waals surface area contributed by atoms with E-state index >= 15 is 0 Å². The largest absolute Gasteiger partial charge is 0.493 e. The normalized spacial score (nSPS) is 29.3. The summed E-state index contributed by atoms with van der Waals surface area (Å²) in [4.78, 5) is 2.13. The predicted octanol–water partition coefficient (Wildman–Crippen LogP) is 1.92. The van der Waals surface area contributed by atoms with Gasteiger partial charge in [-0.3, -0.25) is 4.68 Å². The van der Waals surface area contributed by atoms with Gasteiger partial charge in [0.2, 0.25) is 0 Å². The average molecular weight is 293 g/mol. The maximum atomic E-state index is 10.9. The highest BCUT2D eigenvalue weighted by atomic mass is 16.5. The molecule has 5 nitrogen and oxygen atoms in total. The van der Waals surface area contributed by atoms with Gasteiger partial charge in [0.15, 0.2) is 5.75 Å². The van der Waals surface area contributed by atoms with E-state index in [-0.39, 0.29) is 0 Å². The van der Waals surface area contributed by atoms with E-state index in [1.165, 1.54) is 19.3 Å². The Morgan fingerprint density at radius 1 is 1.43 bits per heavy atom. The van der Waals surface area contributed by atoms with Crippen LogP contribution in [-0.4, -0.2) is 47.5 Å². The highest BCUT2D eigenvalue weighted by Crippen LogP contribution is 2.53. The molecule has 2 fully saturated rings. The van der Waals surface area contributed by atoms with Gasteiger partial charge in [-0.1, -0.05) is 6.42 Å². The van der Waals surface area contributed by atoms with Crippen molar-refractivity contribution in [2.45, 2.75) is 38.3 Å². The van der Waals surface area contributed by atoms with Crippen molar-refractivity contribution in [2.75, 3.05) is 27.7 Å². The van der Waals surface area contributed by atoms with Gasteiger partial charge in [0.1, 0.15) is 11.8 Å². The molecule has 2 aliphatic rings. The van der Waals surface area contributed by atoms with Gasteiger partial charge in [0.25, 0.3) is 0 Å². The molecule has 1 aromatic rings. The van der Waals surface area contributed by atoms with Crippen molar-refractivity contribution in [1.29, 1.82) is 0 Å². The number of fused-ring (bicyclic) bond motifs is 2. The molecule has 118 valence electrons. The van der Waals surface area contributed by atoms with Crippen molar-refractivity contribution in [3.05, 3.63) is 11.9 Å². The summed E-state index contributed by atoms with van der Waals surface area (Å²) in [7, 11) is 5.75. The molecule has 4 atom stereocenters. The fourth-order valence-corrected chi connectivity index (χ4v) is 4.19. The average Bonchev–Trinajstić information content (AvgIpc) is 3.18. The SMILES string of the molecule is COc1cnn(CCN(C)C)c1C(O)C1CC2CCC1C2. The molecule has 0 saturated heterocycles. The van der Waals surface area contributed by atoms with Crippen LogP contribution in [0.1, 0.15) is 37.5 Å². The molecule has 1 aromatic heterocycles. The van der Waals surface area contributed by atoms with Crippen LogP contribution in [0.4, 0.5) is 0 Å². The van der Waals surface area contributed by atoms with Crippen LogP contribution in [-0.2, 0) is 6.54 Å². The first-order valence-electron chi connectivity index (χ1n) is 8.02. The summed E-state index contributed by atoms with van der Waals surface area (Å²) in [5, 5.41) is 15.4. The van der Waals surface area contributed by atoms with Crippen molar-refractivity contribution >= 4 is 0 Å². The molecule has 5 heteroatoms. The van der Waals surface area contributed by atoms with Crippen molar-refractivity contribution in [3.63, 3.8) is 0 Å². The molecule has 3 rings (SSSR count). The Kier molecular flexibility index (Phi) is 4.22. The second kappa shape index (κ2) is 5.97. The Balaban J connectivity index is 1.80. The van der Waals surface area contributed by atoms with Gasteiger partial charge in [0.05, 0.1) is 19.9 Å². The van der Waals surface area contributed by atoms with Gasteiger partial charge in [-0.15, -0.1) is 0 Å². The standard InChI is InChI=1S/C16H27N3O2/c1-18(2)6-7-19-15(14(21-3)10-17-19)16(20)13-9-11-4-5-12(13)8-11/h10-13,16,20H,4-9H2,1-3H3. The molecule has 1 heterocycles. The molecule has 0 spiro atoms. The van der Waals surface area contributed by atoms with Gasteiger partial charge in [-0.05, 0) is 51.1 Å². The van der Waals surface area contributed by atoms with Crippen LogP contribution >= 0.6 is 0 Å². The highest BCUT2D eigenvalue weighted by Gasteiger charge is 2.44. The van der Waals surface area contributed by atoms with E-state index in [0.29, 0.717) is 11.8 Å². The summed E-state index contributed by atoms with van der Waals surface area (Å²) in [6.07, 6.45) is 6.39. The Hall–Kier alpha value is -1.07.